The molecular formula is C19H24BrN3O3S. The lowest BCUT2D eigenvalue weighted by Gasteiger charge is -2.24. The molecule has 0 bridgehead atoms. The number of likely N-dealkylation sites (N-methyl/N-ethyl adjacent to an activating group) is 1. The number of anilines is 1. The van der Waals surface area contributed by atoms with Crippen molar-refractivity contribution in [1.82, 2.24) is 9.21 Å². The summed E-state index contributed by atoms with van der Waals surface area (Å²) in [7, 11) is 1.26. The second-order valence-corrected chi connectivity index (χ2v) is 9.49. The van der Waals surface area contributed by atoms with Gasteiger partial charge in [-0.1, -0.05) is 40.2 Å². The number of sulfonamides is 1. The highest BCUT2D eigenvalue weighted by molar-refractivity contribution is 9.10. The number of benzene rings is 2. The molecule has 0 aliphatic carbocycles. The lowest BCUT2D eigenvalue weighted by molar-refractivity contribution is -0.120. The SMILES string of the molecule is CC(C(=O)Nc1cccc(S(=O)(=O)N(C)C)c1)N(C)Cc1ccccc1Br. The molecule has 0 aliphatic rings. The molecule has 8 heteroatoms. The van der Waals surface area contributed by atoms with Crippen molar-refractivity contribution in [2.75, 3.05) is 26.5 Å². The maximum absolute atomic E-state index is 12.6. The molecule has 0 aliphatic heterocycles. The van der Waals surface area contributed by atoms with Crippen LogP contribution < -0.4 is 5.32 Å². The number of carbonyl (C=O) groups is 1. The molecule has 0 heterocycles. The van der Waals surface area contributed by atoms with E-state index in [1.54, 1.807) is 12.1 Å². The van der Waals surface area contributed by atoms with Gasteiger partial charge in [0.1, 0.15) is 0 Å². The van der Waals surface area contributed by atoms with Crippen LogP contribution in [0.4, 0.5) is 5.69 Å². The van der Waals surface area contributed by atoms with Gasteiger partial charge in [0.25, 0.3) is 0 Å². The second-order valence-electron chi connectivity index (χ2n) is 6.49. The van der Waals surface area contributed by atoms with E-state index in [2.05, 4.69) is 21.2 Å². The number of nitrogens with one attached hydrogen (secondary N) is 1. The summed E-state index contributed by atoms with van der Waals surface area (Å²) in [6.07, 6.45) is 0. The van der Waals surface area contributed by atoms with Crippen LogP contribution in [0.2, 0.25) is 0 Å². The first-order valence-corrected chi connectivity index (χ1v) is 10.6. The van der Waals surface area contributed by atoms with Crippen LogP contribution in [0.15, 0.2) is 57.9 Å². The van der Waals surface area contributed by atoms with Crippen LogP contribution in [-0.4, -0.2) is 50.7 Å². The van der Waals surface area contributed by atoms with E-state index in [0.717, 1.165) is 14.3 Å². The zero-order valence-electron chi connectivity index (χ0n) is 15.8. The molecule has 0 aromatic heterocycles. The van der Waals surface area contributed by atoms with Crippen LogP contribution in [0.5, 0.6) is 0 Å². The Morgan fingerprint density at radius 2 is 1.78 bits per heavy atom. The van der Waals surface area contributed by atoms with Crippen molar-refractivity contribution in [1.29, 1.82) is 0 Å². The fourth-order valence-corrected chi connectivity index (χ4v) is 3.78. The standard InChI is InChI=1S/C19H24BrN3O3S/c1-14(23(4)13-15-8-5-6-11-18(15)20)19(24)21-16-9-7-10-17(12-16)27(25,26)22(2)3/h5-12,14H,13H2,1-4H3,(H,21,24). The summed E-state index contributed by atoms with van der Waals surface area (Å²) in [5.74, 6) is -0.205. The Morgan fingerprint density at radius 3 is 2.41 bits per heavy atom. The molecule has 0 spiro atoms. The predicted molar refractivity (Wildman–Crippen MR) is 111 cm³/mol. The molecule has 1 unspecified atom stereocenters. The largest absolute Gasteiger partial charge is 0.325 e. The van der Waals surface area contributed by atoms with E-state index in [4.69, 9.17) is 0 Å². The molecule has 2 aromatic carbocycles. The molecule has 0 saturated heterocycles. The Bertz CT molecular complexity index is 916. The van der Waals surface area contributed by atoms with Crippen LogP contribution in [-0.2, 0) is 21.4 Å². The highest BCUT2D eigenvalue weighted by Crippen LogP contribution is 2.20. The molecule has 1 atom stereocenters. The molecule has 1 N–H and O–H groups in total. The van der Waals surface area contributed by atoms with Crippen molar-refractivity contribution in [3.05, 3.63) is 58.6 Å². The van der Waals surface area contributed by atoms with Crippen molar-refractivity contribution in [3.8, 4) is 0 Å². The van der Waals surface area contributed by atoms with Gasteiger partial charge < -0.3 is 5.32 Å². The van der Waals surface area contributed by atoms with Gasteiger partial charge in [-0.15, -0.1) is 0 Å². The fourth-order valence-electron chi connectivity index (χ4n) is 2.42. The summed E-state index contributed by atoms with van der Waals surface area (Å²) in [4.78, 5) is 14.7. The van der Waals surface area contributed by atoms with Gasteiger partial charge in [0.2, 0.25) is 15.9 Å². The van der Waals surface area contributed by atoms with Crippen molar-refractivity contribution >= 4 is 37.5 Å². The van der Waals surface area contributed by atoms with E-state index in [-0.39, 0.29) is 10.8 Å². The van der Waals surface area contributed by atoms with E-state index in [1.807, 2.05) is 43.1 Å². The number of rotatable bonds is 7. The third kappa shape index (κ3) is 5.38. The maximum Gasteiger partial charge on any atom is 0.242 e. The van der Waals surface area contributed by atoms with Crippen LogP contribution >= 0.6 is 15.9 Å². The lowest BCUT2D eigenvalue weighted by Crippen LogP contribution is -2.39. The summed E-state index contributed by atoms with van der Waals surface area (Å²) in [5, 5.41) is 2.80. The van der Waals surface area contributed by atoms with Crippen LogP contribution in [0.1, 0.15) is 12.5 Å². The molecule has 2 aromatic rings. The third-order valence-corrected chi connectivity index (χ3v) is 6.88. The highest BCUT2D eigenvalue weighted by Gasteiger charge is 2.21. The quantitative estimate of drug-likeness (QED) is 0.698. The summed E-state index contributed by atoms with van der Waals surface area (Å²) in [6.45, 7) is 2.41. The lowest BCUT2D eigenvalue weighted by atomic mass is 10.2. The molecule has 0 radical (unpaired) electrons. The Morgan fingerprint density at radius 1 is 1.11 bits per heavy atom. The van der Waals surface area contributed by atoms with Crippen molar-refractivity contribution in [2.45, 2.75) is 24.4 Å². The molecule has 0 fully saturated rings. The molecule has 0 saturated carbocycles. The minimum Gasteiger partial charge on any atom is -0.325 e. The monoisotopic (exact) mass is 453 g/mol. The van der Waals surface area contributed by atoms with E-state index >= 15 is 0 Å². The zero-order chi connectivity index (χ0) is 20.2. The number of nitrogens with zero attached hydrogens (tertiary/aromatic N) is 2. The highest BCUT2D eigenvalue weighted by atomic mass is 79.9. The summed E-state index contributed by atoms with van der Waals surface area (Å²) < 4.78 is 26.6. The molecular weight excluding hydrogens is 430 g/mol. The first kappa shape index (κ1) is 21.6. The van der Waals surface area contributed by atoms with Gasteiger partial charge in [0.05, 0.1) is 10.9 Å². The van der Waals surface area contributed by atoms with Gasteiger partial charge in [-0.25, -0.2) is 12.7 Å². The number of halogens is 1. The number of carbonyl (C=O) groups excluding carboxylic acids is 1. The van der Waals surface area contributed by atoms with Gasteiger partial charge in [0, 0.05) is 30.8 Å². The predicted octanol–water partition coefficient (Wildman–Crippen LogP) is 3.16. The summed E-state index contributed by atoms with van der Waals surface area (Å²) >= 11 is 3.51. The maximum atomic E-state index is 12.6. The van der Waals surface area contributed by atoms with Crippen molar-refractivity contribution in [2.24, 2.45) is 0 Å². The third-order valence-electron chi connectivity index (χ3n) is 4.30. The number of hydrogen-bond donors (Lipinski definition) is 1. The normalized spacial score (nSPS) is 13.0. The van der Waals surface area contributed by atoms with Crippen molar-refractivity contribution < 1.29 is 13.2 Å². The van der Waals surface area contributed by atoms with E-state index in [1.165, 1.54) is 26.2 Å². The Kier molecular flexibility index (Phi) is 7.16. The average molecular weight is 454 g/mol. The number of amides is 1. The Labute approximate surface area is 169 Å². The summed E-state index contributed by atoms with van der Waals surface area (Å²) in [6, 6.07) is 13.7. The minimum atomic E-state index is -3.55. The molecule has 146 valence electrons. The first-order valence-electron chi connectivity index (χ1n) is 8.40. The fraction of sp³-hybridized carbons (Fsp3) is 0.316. The first-order chi connectivity index (χ1) is 12.6. The smallest absolute Gasteiger partial charge is 0.242 e. The van der Waals surface area contributed by atoms with Gasteiger partial charge >= 0.3 is 0 Å². The van der Waals surface area contributed by atoms with Crippen molar-refractivity contribution in [3.63, 3.8) is 0 Å². The molecule has 2 rings (SSSR count). The van der Waals surface area contributed by atoms with Crippen LogP contribution in [0.25, 0.3) is 0 Å². The van der Waals surface area contributed by atoms with Crippen LogP contribution in [0, 0.1) is 0 Å². The summed E-state index contributed by atoms with van der Waals surface area (Å²) in [5.41, 5.74) is 1.53. The van der Waals surface area contributed by atoms with Crippen LogP contribution in [0.3, 0.4) is 0 Å². The Hall–Kier alpha value is -1.74. The van der Waals surface area contributed by atoms with E-state index in [0.29, 0.717) is 12.2 Å². The van der Waals surface area contributed by atoms with E-state index < -0.39 is 16.1 Å². The average Bonchev–Trinajstić information content (AvgIpc) is 2.63. The van der Waals surface area contributed by atoms with E-state index in [9.17, 15) is 13.2 Å². The van der Waals surface area contributed by atoms with Gasteiger partial charge in [-0.3, -0.25) is 9.69 Å². The van der Waals surface area contributed by atoms with Gasteiger partial charge in [-0.05, 0) is 43.8 Å². The van der Waals surface area contributed by atoms with Gasteiger partial charge in [0.15, 0.2) is 0 Å². The topological polar surface area (TPSA) is 69.7 Å². The number of hydrogen-bond acceptors (Lipinski definition) is 4. The molecule has 1 amide bonds. The second kappa shape index (κ2) is 8.97. The zero-order valence-corrected chi connectivity index (χ0v) is 18.2. The van der Waals surface area contributed by atoms with Gasteiger partial charge in [-0.2, -0.15) is 0 Å². The molecule has 6 nitrogen and oxygen atoms in total. The Balaban J connectivity index is 2.09. The minimum absolute atomic E-state index is 0.138. The molecule has 27 heavy (non-hydrogen) atoms.